The minimum absolute atomic E-state index is 0.222. The third-order valence-corrected chi connectivity index (χ3v) is 3.85. The SMILES string of the molecule is NC(=O)C1CCCN1C(=O)c1ccc(Br)cc1C(F)(F)F. The maximum absolute atomic E-state index is 13.0. The maximum atomic E-state index is 13.0. The van der Waals surface area contributed by atoms with Gasteiger partial charge < -0.3 is 10.6 Å². The van der Waals surface area contributed by atoms with Crippen molar-refractivity contribution >= 4 is 27.7 Å². The molecule has 0 bridgehead atoms. The molecule has 2 amide bonds. The van der Waals surface area contributed by atoms with Crippen LogP contribution in [0.4, 0.5) is 13.2 Å². The highest BCUT2D eigenvalue weighted by Gasteiger charge is 2.39. The molecule has 2 rings (SSSR count). The summed E-state index contributed by atoms with van der Waals surface area (Å²) in [5, 5.41) is 0. The molecule has 8 heteroatoms. The number of carbonyl (C=O) groups excluding carboxylic acids is 2. The van der Waals surface area contributed by atoms with Crippen molar-refractivity contribution in [3.8, 4) is 0 Å². The van der Waals surface area contributed by atoms with Crippen LogP contribution in [0.15, 0.2) is 22.7 Å². The molecule has 0 saturated carbocycles. The van der Waals surface area contributed by atoms with Crippen LogP contribution >= 0.6 is 15.9 Å². The van der Waals surface area contributed by atoms with Crippen LogP contribution < -0.4 is 5.73 Å². The Morgan fingerprint density at radius 3 is 2.57 bits per heavy atom. The van der Waals surface area contributed by atoms with Gasteiger partial charge in [-0.05, 0) is 31.0 Å². The fraction of sp³-hybridized carbons (Fsp3) is 0.385. The minimum Gasteiger partial charge on any atom is -0.368 e. The van der Waals surface area contributed by atoms with Crippen molar-refractivity contribution in [3.63, 3.8) is 0 Å². The zero-order chi connectivity index (χ0) is 15.8. The Balaban J connectivity index is 2.42. The standard InChI is InChI=1S/C13H12BrF3N2O2/c14-7-3-4-8(9(6-7)13(15,16)17)12(21)19-5-1-2-10(19)11(18)20/h3-4,6,10H,1-2,5H2,(H2,18,20). The molecular weight excluding hydrogens is 353 g/mol. The van der Waals surface area contributed by atoms with Gasteiger partial charge in [-0.25, -0.2) is 0 Å². The molecule has 1 aromatic carbocycles. The average molecular weight is 365 g/mol. The van der Waals surface area contributed by atoms with Gasteiger partial charge in [0.15, 0.2) is 0 Å². The quantitative estimate of drug-likeness (QED) is 0.876. The Labute approximate surface area is 127 Å². The van der Waals surface area contributed by atoms with Crippen molar-refractivity contribution in [3.05, 3.63) is 33.8 Å². The topological polar surface area (TPSA) is 63.4 Å². The van der Waals surface area contributed by atoms with Gasteiger partial charge in [0.2, 0.25) is 5.91 Å². The first-order valence-electron chi connectivity index (χ1n) is 6.19. The number of halogens is 4. The van der Waals surface area contributed by atoms with Gasteiger partial charge in [0.05, 0.1) is 11.1 Å². The number of amides is 2. The Morgan fingerprint density at radius 2 is 2.00 bits per heavy atom. The summed E-state index contributed by atoms with van der Waals surface area (Å²) in [6, 6.07) is 2.47. The van der Waals surface area contributed by atoms with Crippen molar-refractivity contribution in [2.75, 3.05) is 6.54 Å². The van der Waals surface area contributed by atoms with E-state index < -0.39 is 35.2 Å². The molecule has 1 saturated heterocycles. The van der Waals surface area contributed by atoms with Crippen LogP contribution in [0.5, 0.6) is 0 Å². The summed E-state index contributed by atoms with van der Waals surface area (Å²) >= 11 is 2.96. The van der Waals surface area contributed by atoms with E-state index in [0.29, 0.717) is 12.8 Å². The van der Waals surface area contributed by atoms with Crippen LogP contribution in [0.25, 0.3) is 0 Å². The molecule has 1 aliphatic rings. The molecule has 1 unspecified atom stereocenters. The molecule has 0 spiro atoms. The number of benzene rings is 1. The van der Waals surface area contributed by atoms with Gasteiger partial charge in [-0.1, -0.05) is 15.9 Å². The zero-order valence-electron chi connectivity index (χ0n) is 10.8. The molecule has 2 N–H and O–H groups in total. The number of primary amides is 1. The van der Waals surface area contributed by atoms with E-state index in [1.807, 2.05) is 0 Å². The van der Waals surface area contributed by atoms with Crippen LogP contribution in [-0.4, -0.2) is 29.3 Å². The first-order valence-corrected chi connectivity index (χ1v) is 6.98. The Bertz CT molecular complexity index is 589. The lowest BCUT2D eigenvalue weighted by Crippen LogP contribution is -2.44. The molecule has 21 heavy (non-hydrogen) atoms. The Hall–Kier alpha value is -1.57. The van der Waals surface area contributed by atoms with E-state index in [0.717, 1.165) is 17.0 Å². The van der Waals surface area contributed by atoms with Gasteiger partial charge in [-0.3, -0.25) is 9.59 Å². The number of hydrogen-bond donors (Lipinski definition) is 1. The van der Waals surface area contributed by atoms with Crippen LogP contribution in [0.2, 0.25) is 0 Å². The smallest absolute Gasteiger partial charge is 0.368 e. The number of rotatable bonds is 2. The van der Waals surface area contributed by atoms with E-state index in [1.54, 1.807) is 0 Å². The molecule has 4 nitrogen and oxygen atoms in total. The van der Waals surface area contributed by atoms with E-state index in [1.165, 1.54) is 6.07 Å². The van der Waals surface area contributed by atoms with Crippen LogP contribution in [0.3, 0.4) is 0 Å². The summed E-state index contributed by atoms with van der Waals surface area (Å²) in [4.78, 5) is 24.7. The van der Waals surface area contributed by atoms with Crippen LogP contribution in [0, 0.1) is 0 Å². The Morgan fingerprint density at radius 1 is 1.33 bits per heavy atom. The second-order valence-corrected chi connectivity index (χ2v) is 5.66. The lowest BCUT2D eigenvalue weighted by molar-refractivity contribution is -0.138. The first kappa shape index (κ1) is 15.8. The summed E-state index contributed by atoms with van der Waals surface area (Å²) in [5.74, 6) is -1.53. The van der Waals surface area contributed by atoms with Crippen molar-refractivity contribution in [1.29, 1.82) is 0 Å². The molecule has 1 aliphatic heterocycles. The summed E-state index contributed by atoms with van der Waals surface area (Å²) in [6.07, 6.45) is -3.74. The molecular formula is C13H12BrF3N2O2. The fourth-order valence-corrected chi connectivity index (χ4v) is 2.76. The van der Waals surface area contributed by atoms with Crippen LogP contribution in [-0.2, 0) is 11.0 Å². The molecule has 114 valence electrons. The molecule has 1 atom stereocenters. The second-order valence-electron chi connectivity index (χ2n) is 4.75. The number of hydrogen-bond acceptors (Lipinski definition) is 2. The van der Waals surface area contributed by atoms with Crippen molar-refractivity contribution in [1.82, 2.24) is 4.90 Å². The van der Waals surface area contributed by atoms with E-state index in [-0.39, 0.29) is 11.0 Å². The summed E-state index contributed by atoms with van der Waals surface area (Å²) in [5.41, 5.74) is 3.69. The summed E-state index contributed by atoms with van der Waals surface area (Å²) in [7, 11) is 0. The highest BCUT2D eigenvalue weighted by Crippen LogP contribution is 2.35. The first-order chi connectivity index (χ1) is 9.71. The zero-order valence-corrected chi connectivity index (χ0v) is 12.4. The molecule has 1 fully saturated rings. The van der Waals surface area contributed by atoms with Gasteiger partial charge in [-0.2, -0.15) is 13.2 Å². The number of alkyl halides is 3. The highest BCUT2D eigenvalue weighted by molar-refractivity contribution is 9.10. The molecule has 1 aromatic rings. The van der Waals surface area contributed by atoms with Crippen LogP contribution in [0.1, 0.15) is 28.8 Å². The predicted molar refractivity (Wildman–Crippen MR) is 72.4 cm³/mol. The molecule has 0 aliphatic carbocycles. The monoisotopic (exact) mass is 364 g/mol. The number of nitrogens with zero attached hydrogens (tertiary/aromatic N) is 1. The number of likely N-dealkylation sites (tertiary alicyclic amines) is 1. The van der Waals surface area contributed by atoms with E-state index in [2.05, 4.69) is 15.9 Å². The maximum Gasteiger partial charge on any atom is 0.417 e. The third-order valence-electron chi connectivity index (χ3n) is 3.36. The van der Waals surface area contributed by atoms with Crippen molar-refractivity contribution in [2.45, 2.75) is 25.1 Å². The van der Waals surface area contributed by atoms with Gasteiger partial charge in [-0.15, -0.1) is 0 Å². The third kappa shape index (κ3) is 3.20. The Kier molecular flexibility index (Phi) is 4.27. The highest BCUT2D eigenvalue weighted by atomic mass is 79.9. The number of nitrogens with two attached hydrogens (primary N) is 1. The van der Waals surface area contributed by atoms with E-state index >= 15 is 0 Å². The van der Waals surface area contributed by atoms with Gasteiger partial charge in [0.1, 0.15) is 6.04 Å². The van der Waals surface area contributed by atoms with E-state index in [4.69, 9.17) is 5.73 Å². The predicted octanol–water partition coefficient (Wildman–Crippen LogP) is 2.56. The second kappa shape index (κ2) is 5.67. The molecule has 1 heterocycles. The van der Waals surface area contributed by atoms with Crippen molar-refractivity contribution in [2.24, 2.45) is 5.73 Å². The lowest BCUT2D eigenvalue weighted by atomic mass is 10.1. The van der Waals surface area contributed by atoms with E-state index in [9.17, 15) is 22.8 Å². The van der Waals surface area contributed by atoms with Crippen molar-refractivity contribution < 1.29 is 22.8 Å². The largest absolute Gasteiger partial charge is 0.417 e. The lowest BCUT2D eigenvalue weighted by Gasteiger charge is -2.24. The van der Waals surface area contributed by atoms with Gasteiger partial charge in [0.25, 0.3) is 5.91 Å². The summed E-state index contributed by atoms with van der Waals surface area (Å²) in [6.45, 7) is 0.222. The average Bonchev–Trinajstić information content (AvgIpc) is 2.86. The fourth-order valence-electron chi connectivity index (χ4n) is 2.40. The summed E-state index contributed by atoms with van der Waals surface area (Å²) < 4.78 is 39.4. The molecule has 0 radical (unpaired) electrons. The van der Waals surface area contributed by atoms with Gasteiger partial charge in [0, 0.05) is 11.0 Å². The molecule has 0 aromatic heterocycles. The van der Waals surface area contributed by atoms with Gasteiger partial charge >= 0.3 is 6.18 Å². The minimum atomic E-state index is -4.66. The number of carbonyl (C=O) groups is 2. The normalized spacial score (nSPS) is 18.9.